The van der Waals surface area contributed by atoms with Crippen LogP contribution in [0.4, 0.5) is 5.69 Å². The fraction of sp³-hybridized carbons (Fsp3) is 0.364. The number of carbonyl (C=O) groups is 2. The summed E-state index contributed by atoms with van der Waals surface area (Å²) >= 11 is 3.56. The number of imide groups is 1. The predicted octanol–water partition coefficient (Wildman–Crippen LogP) is 5.14. The first kappa shape index (κ1) is 17.5. The molecule has 0 bridgehead atoms. The summed E-state index contributed by atoms with van der Waals surface area (Å²) in [4.78, 5) is 27.6. The first-order chi connectivity index (χ1) is 12.5. The van der Waals surface area contributed by atoms with Crippen LogP contribution in [0, 0.1) is 25.7 Å². The number of hydrogen-bond acceptors (Lipinski definition) is 2. The van der Waals surface area contributed by atoms with E-state index in [0.717, 1.165) is 34.9 Å². The largest absolute Gasteiger partial charge is 0.274 e. The molecule has 2 aliphatic rings. The fourth-order valence-electron chi connectivity index (χ4n) is 4.51. The van der Waals surface area contributed by atoms with Crippen molar-refractivity contribution in [2.45, 2.75) is 39.0 Å². The van der Waals surface area contributed by atoms with Crippen LogP contribution in [0.3, 0.4) is 0 Å². The molecule has 4 rings (SSSR count). The van der Waals surface area contributed by atoms with Crippen LogP contribution < -0.4 is 4.90 Å². The van der Waals surface area contributed by atoms with Gasteiger partial charge in [-0.1, -0.05) is 46.3 Å². The Balaban J connectivity index is 1.64. The number of fused-ring (bicyclic) bond motifs is 1. The molecule has 0 aromatic heterocycles. The Morgan fingerprint density at radius 2 is 1.54 bits per heavy atom. The summed E-state index contributed by atoms with van der Waals surface area (Å²) < 4.78 is 1.03. The highest BCUT2D eigenvalue weighted by Crippen LogP contribution is 2.46. The monoisotopic (exact) mass is 411 g/mol. The average molecular weight is 412 g/mol. The minimum absolute atomic E-state index is 0.0207. The first-order valence-electron chi connectivity index (χ1n) is 9.17. The Morgan fingerprint density at radius 1 is 0.923 bits per heavy atom. The van der Waals surface area contributed by atoms with Gasteiger partial charge in [0.1, 0.15) is 0 Å². The zero-order chi connectivity index (χ0) is 18.4. The first-order valence-corrected chi connectivity index (χ1v) is 9.96. The minimum atomic E-state index is -0.189. The Kier molecular flexibility index (Phi) is 4.47. The number of hydrogen-bond donors (Lipinski definition) is 0. The van der Waals surface area contributed by atoms with Crippen LogP contribution in [-0.4, -0.2) is 11.8 Å². The van der Waals surface area contributed by atoms with Gasteiger partial charge in [0.2, 0.25) is 11.8 Å². The quantitative estimate of drug-likeness (QED) is 0.641. The second-order valence-electron chi connectivity index (χ2n) is 7.54. The topological polar surface area (TPSA) is 37.4 Å². The lowest BCUT2D eigenvalue weighted by Crippen LogP contribution is -2.31. The zero-order valence-electron chi connectivity index (χ0n) is 15.0. The Bertz CT molecular complexity index is 854. The number of anilines is 1. The Labute approximate surface area is 162 Å². The molecular weight excluding hydrogens is 390 g/mol. The number of rotatable bonds is 2. The molecule has 0 N–H and O–H groups in total. The molecule has 0 spiro atoms. The molecule has 1 heterocycles. The van der Waals surface area contributed by atoms with E-state index in [1.54, 1.807) is 0 Å². The molecule has 1 aliphatic carbocycles. The molecule has 2 aromatic rings. The lowest BCUT2D eigenvalue weighted by atomic mass is 9.73. The second-order valence-corrected chi connectivity index (χ2v) is 8.33. The van der Waals surface area contributed by atoms with Crippen molar-refractivity contribution >= 4 is 33.4 Å². The number of carbonyl (C=O) groups excluding carboxylic acids is 2. The lowest BCUT2D eigenvalue weighted by molar-refractivity contribution is -0.122. The van der Waals surface area contributed by atoms with Crippen molar-refractivity contribution in [3.8, 4) is 0 Å². The summed E-state index contributed by atoms with van der Waals surface area (Å²) in [6.45, 7) is 3.98. The molecule has 0 radical (unpaired) electrons. The van der Waals surface area contributed by atoms with Gasteiger partial charge in [0.15, 0.2) is 0 Å². The highest BCUT2D eigenvalue weighted by molar-refractivity contribution is 9.10. The maximum atomic E-state index is 13.1. The Hall–Kier alpha value is -1.94. The molecule has 2 aromatic carbocycles. The van der Waals surface area contributed by atoms with Crippen LogP contribution in [0.1, 0.15) is 41.9 Å². The highest BCUT2D eigenvalue weighted by atomic mass is 79.9. The minimum Gasteiger partial charge on any atom is -0.274 e. The third-order valence-electron chi connectivity index (χ3n) is 5.88. The predicted molar refractivity (Wildman–Crippen MR) is 106 cm³/mol. The van der Waals surface area contributed by atoms with Crippen LogP contribution in [0.25, 0.3) is 0 Å². The van der Waals surface area contributed by atoms with Crippen LogP contribution in [0.5, 0.6) is 0 Å². The van der Waals surface area contributed by atoms with Crippen LogP contribution in [0.15, 0.2) is 46.9 Å². The third-order valence-corrected chi connectivity index (χ3v) is 7.13. The molecular formula is C22H22BrNO2. The molecule has 3 nitrogen and oxygen atoms in total. The van der Waals surface area contributed by atoms with Gasteiger partial charge in [-0.3, -0.25) is 14.5 Å². The van der Waals surface area contributed by atoms with Gasteiger partial charge in [-0.2, -0.15) is 0 Å². The van der Waals surface area contributed by atoms with Crippen molar-refractivity contribution in [2.75, 3.05) is 4.90 Å². The van der Waals surface area contributed by atoms with Gasteiger partial charge in [0.05, 0.1) is 17.5 Å². The summed E-state index contributed by atoms with van der Waals surface area (Å²) in [5.74, 6) is -0.0330. The van der Waals surface area contributed by atoms with Crippen molar-refractivity contribution in [1.29, 1.82) is 0 Å². The van der Waals surface area contributed by atoms with Crippen LogP contribution in [-0.2, 0) is 9.59 Å². The van der Waals surface area contributed by atoms with E-state index in [-0.39, 0.29) is 23.7 Å². The van der Waals surface area contributed by atoms with E-state index in [2.05, 4.69) is 28.1 Å². The molecule has 2 amide bonds. The molecule has 1 saturated carbocycles. The lowest BCUT2D eigenvalue weighted by Gasteiger charge is -2.28. The van der Waals surface area contributed by atoms with Crippen molar-refractivity contribution < 1.29 is 9.59 Å². The Morgan fingerprint density at radius 3 is 2.19 bits per heavy atom. The van der Waals surface area contributed by atoms with Gasteiger partial charge < -0.3 is 0 Å². The van der Waals surface area contributed by atoms with Crippen molar-refractivity contribution in [3.63, 3.8) is 0 Å². The average Bonchev–Trinajstić information content (AvgIpc) is 2.90. The van der Waals surface area contributed by atoms with Crippen LogP contribution >= 0.6 is 15.9 Å². The maximum Gasteiger partial charge on any atom is 0.237 e. The van der Waals surface area contributed by atoms with E-state index in [4.69, 9.17) is 0 Å². The van der Waals surface area contributed by atoms with Gasteiger partial charge in [-0.25, -0.2) is 0 Å². The maximum absolute atomic E-state index is 13.1. The van der Waals surface area contributed by atoms with E-state index in [9.17, 15) is 9.59 Å². The molecule has 26 heavy (non-hydrogen) atoms. The number of aryl methyl sites for hydroxylation is 2. The van der Waals surface area contributed by atoms with Gasteiger partial charge in [-0.15, -0.1) is 0 Å². The van der Waals surface area contributed by atoms with E-state index >= 15 is 0 Å². The number of halogens is 1. The zero-order valence-corrected chi connectivity index (χ0v) is 16.6. The summed E-state index contributed by atoms with van der Waals surface area (Å²) in [5, 5.41) is 0. The molecule has 2 fully saturated rings. The van der Waals surface area contributed by atoms with Crippen molar-refractivity contribution in [1.82, 2.24) is 0 Å². The van der Waals surface area contributed by atoms with E-state index < -0.39 is 0 Å². The number of benzene rings is 2. The van der Waals surface area contributed by atoms with Crippen molar-refractivity contribution in [3.05, 3.63) is 63.6 Å². The molecule has 1 aliphatic heterocycles. The normalized spacial score (nSPS) is 25.5. The molecule has 4 heteroatoms. The van der Waals surface area contributed by atoms with Gasteiger partial charge in [-0.05, 0) is 67.9 Å². The summed E-state index contributed by atoms with van der Waals surface area (Å²) in [6, 6.07) is 14.2. The number of nitrogens with zero attached hydrogens (tertiary/aromatic N) is 1. The molecule has 0 unspecified atom stereocenters. The van der Waals surface area contributed by atoms with Crippen molar-refractivity contribution in [2.24, 2.45) is 11.8 Å². The smallest absolute Gasteiger partial charge is 0.237 e. The molecule has 3 atom stereocenters. The SMILES string of the molecule is Cc1cc(N2C(=O)[C@H]3C[C@@H](c4ccccc4)CC[C@H]3C2=O)cc(C)c1Br. The second kappa shape index (κ2) is 6.66. The summed E-state index contributed by atoms with van der Waals surface area (Å²) in [7, 11) is 0. The summed E-state index contributed by atoms with van der Waals surface area (Å²) in [6.07, 6.45) is 2.53. The highest BCUT2D eigenvalue weighted by Gasteiger charge is 2.50. The van der Waals surface area contributed by atoms with E-state index in [0.29, 0.717) is 11.6 Å². The fourth-order valence-corrected chi connectivity index (χ4v) is 4.74. The van der Waals surface area contributed by atoms with E-state index in [1.807, 2.05) is 44.2 Å². The molecule has 134 valence electrons. The molecule has 1 saturated heterocycles. The van der Waals surface area contributed by atoms with E-state index in [1.165, 1.54) is 10.5 Å². The third kappa shape index (κ3) is 2.81. The standard InChI is InChI=1S/C22H22BrNO2/c1-13-10-17(11-14(2)20(13)23)24-21(25)18-9-8-16(12-19(18)22(24)26)15-6-4-3-5-7-15/h3-7,10-11,16,18-19H,8-9,12H2,1-2H3/t16-,18+,19-/m0/s1. The van der Waals surface area contributed by atoms with Gasteiger partial charge in [0, 0.05) is 4.47 Å². The van der Waals surface area contributed by atoms with Gasteiger partial charge in [0.25, 0.3) is 0 Å². The van der Waals surface area contributed by atoms with Gasteiger partial charge >= 0.3 is 0 Å². The van der Waals surface area contributed by atoms with Crippen LogP contribution in [0.2, 0.25) is 0 Å². The summed E-state index contributed by atoms with van der Waals surface area (Å²) in [5.41, 5.74) is 4.07. The number of amides is 2.